The van der Waals surface area contributed by atoms with Gasteiger partial charge in [-0.05, 0) is 37.0 Å². The molecule has 0 unspecified atom stereocenters. The summed E-state index contributed by atoms with van der Waals surface area (Å²) in [7, 11) is 0. The molecule has 0 spiro atoms. The van der Waals surface area contributed by atoms with Crippen molar-refractivity contribution < 1.29 is 19.0 Å². The lowest BCUT2D eigenvalue weighted by atomic mass is 10.0. The van der Waals surface area contributed by atoms with Crippen molar-refractivity contribution in [3.63, 3.8) is 0 Å². The zero-order valence-electron chi connectivity index (χ0n) is 20.5. The summed E-state index contributed by atoms with van der Waals surface area (Å²) in [6, 6.07) is 8.11. The second-order valence-electron chi connectivity index (χ2n) is 9.71. The molecule has 6 rings (SSSR count). The molecule has 0 atom stereocenters. The number of aryl methyl sites for hydroxylation is 1. The molecule has 2 aliphatic heterocycles. The van der Waals surface area contributed by atoms with Crippen LogP contribution in [0.4, 0.5) is 5.82 Å². The van der Waals surface area contributed by atoms with E-state index in [1.165, 1.54) is 0 Å². The molecule has 1 amide bonds. The largest absolute Gasteiger partial charge is 0.469 e. The topological polar surface area (TPSA) is 102 Å². The molecule has 1 saturated carbocycles. The van der Waals surface area contributed by atoms with Gasteiger partial charge in [0.25, 0.3) is 5.91 Å². The molecule has 190 valence electrons. The van der Waals surface area contributed by atoms with E-state index in [0.717, 1.165) is 74.7 Å². The molecule has 3 aliphatic rings. The van der Waals surface area contributed by atoms with Gasteiger partial charge in [-0.1, -0.05) is 12.1 Å². The fraction of sp³-hybridized carbons (Fsp3) is 0.500. The number of nitrogens with one attached hydrogen (secondary N) is 2. The van der Waals surface area contributed by atoms with Gasteiger partial charge in [0.2, 0.25) is 5.88 Å². The van der Waals surface area contributed by atoms with Crippen molar-refractivity contribution in [3.05, 3.63) is 41.6 Å². The Morgan fingerprint density at radius 3 is 2.72 bits per heavy atom. The van der Waals surface area contributed by atoms with Crippen molar-refractivity contribution in [2.75, 3.05) is 57.9 Å². The van der Waals surface area contributed by atoms with E-state index in [9.17, 15) is 4.79 Å². The summed E-state index contributed by atoms with van der Waals surface area (Å²) >= 11 is 0. The number of fused-ring (bicyclic) bond motifs is 1. The fourth-order valence-corrected chi connectivity index (χ4v) is 4.53. The number of carbonyl (C=O) groups is 1. The van der Waals surface area contributed by atoms with Crippen LogP contribution in [0.2, 0.25) is 0 Å². The van der Waals surface area contributed by atoms with Crippen LogP contribution >= 0.6 is 0 Å². The number of morpholine rings is 1. The third-order valence-corrected chi connectivity index (χ3v) is 6.88. The highest BCUT2D eigenvalue weighted by molar-refractivity contribution is 5.97. The van der Waals surface area contributed by atoms with Crippen LogP contribution in [0.15, 0.2) is 30.5 Å². The minimum Gasteiger partial charge on any atom is -0.469 e. The first-order valence-corrected chi connectivity index (χ1v) is 12.7. The second-order valence-corrected chi connectivity index (χ2v) is 9.71. The molecule has 36 heavy (non-hydrogen) atoms. The average Bonchev–Trinajstić information content (AvgIpc) is 3.57. The van der Waals surface area contributed by atoms with Gasteiger partial charge in [-0.25, -0.2) is 0 Å². The number of hydrogen-bond acceptors (Lipinski definition) is 8. The molecule has 3 aromatic rings. The third-order valence-electron chi connectivity index (χ3n) is 6.88. The van der Waals surface area contributed by atoms with Crippen molar-refractivity contribution >= 4 is 17.4 Å². The molecular weight excluding hydrogens is 460 g/mol. The zero-order chi connectivity index (χ0) is 24.5. The number of carbonyl (C=O) groups excluding carboxylic acids is 1. The summed E-state index contributed by atoms with van der Waals surface area (Å²) < 4.78 is 18.6. The van der Waals surface area contributed by atoms with Crippen LogP contribution in [-0.2, 0) is 9.47 Å². The normalized spacial score (nSPS) is 18.7. The summed E-state index contributed by atoms with van der Waals surface area (Å²) in [6.07, 6.45) is 3.97. The first-order chi connectivity index (χ1) is 17.6. The Bertz CT molecular complexity index is 1250. The van der Waals surface area contributed by atoms with E-state index < -0.39 is 0 Å². The standard InChI is InChI=1S/C26H32N6O4/c1-17-12-18(2-5-21(17)26(33)29-19-3-4-19)22-14-28-32-23(27-6-7-31-8-10-34-11-9-31)13-24(30-25(22)32)36-20-15-35-16-20/h2,5,12-14,19-20,27H,3-4,6-11,15-16H2,1H3,(H,29,33). The number of hydrogen-bond donors (Lipinski definition) is 2. The zero-order valence-corrected chi connectivity index (χ0v) is 20.5. The van der Waals surface area contributed by atoms with Crippen molar-refractivity contribution in [1.29, 1.82) is 0 Å². The highest BCUT2D eigenvalue weighted by atomic mass is 16.6. The predicted molar refractivity (Wildman–Crippen MR) is 135 cm³/mol. The van der Waals surface area contributed by atoms with E-state index in [-0.39, 0.29) is 12.0 Å². The van der Waals surface area contributed by atoms with Gasteiger partial charge in [0.1, 0.15) is 11.9 Å². The van der Waals surface area contributed by atoms with Crippen molar-refractivity contribution in [2.45, 2.75) is 31.9 Å². The van der Waals surface area contributed by atoms with E-state index in [0.29, 0.717) is 36.3 Å². The van der Waals surface area contributed by atoms with E-state index >= 15 is 0 Å². The number of rotatable bonds is 9. The highest BCUT2D eigenvalue weighted by Crippen LogP contribution is 2.30. The SMILES string of the molecule is Cc1cc(-c2cnn3c(NCCN4CCOCC4)cc(OC4COC4)nc23)ccc1C(=O)NC1CC1. The van der Waals surface area contributed by atoms with E-state index in [2.05, 4.69) is 20.6 Å². The molecule has 0 bridgehead atoms. The monoisotopic (exact) mass is 492 g/mol. The molecule has 10 nitrogen and oxygen atoms in total. The Morgan fingerprint density at radius 1 is 1.17 bits per heavy atom. The average molecular weight is 493 g/mol. The molecule has 4 heterocycles. The molecular formula is C26H32N6O4. The molecule has 0 radical (unpaired) electrons. The summed E-state index contributed by atoms with van der Waals surface area (Å²) in [5.41, 5.74) is 4.18. The third kappa shape index (κ3) is 5.02. The number of ether oxygens (including phenoxy) is 3. The number of aromatic nitrogens is 3. The Balaban J connectivity index is 1.27. The first-order valence-electron chi connectivity index (χ1n) is 12.7. The van der Waals surface area contributed by atoms with Gasteiger partial charge in [0.05, 0.1) is 32.6 Å². The maximum atomic E-state index is 12.6. The lowest BCUT2D eigenvalue weighted by molar-refractivity contribution is -0.0812. The van der Waals surface area contributed by atoms with Gasteiger partial charge in [0.15, 0.2) is 5.65 Å². The molecule has 3 fully saturated rings. The van der Waals surface area contributed by atoms with E-state index in [1.807, 2.05) is 41.9 Å². The first kappa shape index (κ1) is 23.2. The summed E-state index contributed by atoms with van der Waals surface area (Å²) in [5, 5.41) is 11.2. The Labute approximate surface area is 209 Å². The summed E-state index contributed by atoms with van der Waals surface area (Å²) in [6.45, 7) is 8.25. The maximum Gasteiger partial charge on any atom is 0.251 e. The Morgan fingerprint density at radius 2 is 2.00 bits per heavy atom. The molecule has 10 heteroatoms. The molecule has 1 aliphatic carbocycles. The number of nitrogens with zero attached hydrogens (tertiary/aromatic N) is 4. The van der Waals surface area contributed by atoms with Crippen molar-refractivity contribution in [3.8, 4) is 17.0 Å². The molecule has 2 N–H and O–H groups in total. The van der Waals surface area contributed by atoms with Crippen LogP contribution in [0, 0.1) is 6.92 Å². The molecule has 2 aromatic heterocycles. The summed E-state index contributed by atoms with van der Waals surface area (Å²) in [5.74, 6) is 1.36. The smallest absolute Gasteiger partial charge is 0.251 e. The van der Waals surface area contributed by atoms with Crippen LogP contribution < -0.4 is 15.4 Å². The number of amides is 1. The van der Waals surface area contributed by atoms with Gasteiger partial charge in [-0.15, -0.1) is 0 Å². The van der Waals surface area contributed by atoms with Crippen LogP contribution in [-0.4, -0.2) is 90.2 Å². The van der Waals surface area contributed by atoms with E-state index in [1.54, 1.807) is 0 Å². The minimum absolute atomic E-state index is 0.00954. The molecule has 2 saturated heterocycles. The summed E-state index contributed by atoms with van der Waals surface area (Å²) in [4.78, 5) is 19.8. The Hall–Kier alpha value is -3.21. The predicted octanol–water partition coefficient (Wildman–Crippen LogP) is 2.12. The van der Waals surface area contributed by atoms with Crippen LogP contribution in [0.25, 0.3) is 16.8 Å². The van der Waals surface area contributed by atoms with Crippen LogP contribution in [0.3, 0.4) is 0 Å². The Kier molecular flexibility index (Phi) is 6.47. The van der Waals surface area contributed by atoms with Gasteiger partial charge < -0.3 is 24.8 Å². The number of anilines is 1. The highest BCUT2D eigenvalue weighted by Gasteiger charge is 2.25. The van der Waals surface area contributed by atoms with Crippen molar-refractivity contribution in [1.82, 2.24) is 24.8 Å². The quantitative estimate of drug-likeness (QED) is 0.468. The minimum atomic E-state index is -0.00954. The van der Waals surface area contributed by atoms with Gasteiger partial charge in [0, 0.05) is 49.4 Å². The molecule has 1 aromatic carbocycles. The lowest BCUT2D eigenvalue weighted by Gasteiger charge is -2.27. The second kappa shape index (κ2) is 10.0. The van der Waals surface area contributed by atoms with Gasteiger partial charge in [-0.2, -0.15) is 14.6 Å². The lowest BCUT2D eigenvalue weighted by Crippen LogP contribution is -2.39. The van der Waals surface area contributed by atoms with Crippen LogP contribution in [0.5, 0.6) is 5.88 Å². The van der Waals surface area contributed by atoms with E-state index in [4.69, 9.17) is 19.2 Å². The number of benzene rings is 1. The maximum absolute atomic E-state index is 12.6. The van der Waals surface area contributed by atoms with Crippen molar-refractivity contribution in [2.24, 2.45) is 0 Å². The fourth-order valence-electron chi connectivity index (χ4n) is 4.53. The van der Waals surface area contributed by atoms with Gasteiger partial charge >= 0.3 is 0 Å². The van der Waals surface area contributed by atoms with Crippen LogP contribution in [0.1, 0.15) is 28.8 Å². The van der Waals surface area contributed by atoms with Gasteiger partial charge in [-0.3, -0.25) is 9.69 Å².